The number of carbonyl (C=O) groups is 1. The van der Waals surface area contributed by atoms with Gasteiger partial charge in [0.15, 0.2) is 0 Å². The summed E-state index contributed by atoms with van der Waals surface area (Å²) >= 11 is 0. The lowest BCUT2D eigenvalue weighted by molar-refractivity contribution is 0.240. The predicted molar refractivity (Wildman–Crippen MR) is 70.9 cm³/mol. The molecule has 1 saturated heterocycles. The van der Waals surface area contributed by atoms with Crippen LogP contribution >= 0.6 is 0 Å². The van der Waals surface area contributed by atoms with E-state index >= 15 is 0 Å². The monoisotopic (exact) mass is 277 g/mol. The summed E-state index contributed by atoms with van der Waals surface area (Å²) in [6.45, 7) is 4.26. The molecule has 0 atom stereocenters. The van der Waals surface area contributed by atoms with Gasteiger partial charge in [-0.05, 0) is 25.7 Å². The first-order valence-corrected chi connectivity index (χ1v) is 8.16. The second-order valence-electron chi connectivity index (χ2n) is 4.46. The van der Waals surface area contributed by atoms with Crippen LogP contribution in [0.15, 0.2) is 0 Å². The number of urea groups is 1. The van der Waals surface area contributed by atoms with Crippen molar-refractivity contribution in [1.29, 1.82) is 0 Å². The van der Waals surface area contributed by atoms with Gasteiger partial charge in [0.25, 0.3) is 0 Å². The van der Waals surface area contributed by atoms with Crippen LogP contribution in [0.4, 0.5) is 4.79 Å². The van der Waals surface area contributed by atoms with Crippen molar-refractivity contribution in [1.82, 2.24) is 14.9 Å². The Hall–Kier alpha value is -0.820. The van der Waals surface area contributed by atoms with Gasteiger partial charge in [0, 0.05) is 26.2 Å². The van der Waals surface area contributed by atoms with E-state index in [0.29, 0.717) is 32.6 Å². The van der Waals surface area contributed by atoms with E-state index in [2.05, 4.69) is 10.6 Å². The van der Waals surface area contributed by atoms with Crippen molar-refractivity contribution >= 4 is 16.1 Å². The van der Waals surface area contributed by atoms with Crippen molar-refractivity contribution in [2.45, 2.75) is 32.6 Å². The van der Waals surface area contributed by atoms with Crippen LogP contribution in [-0.2, 0) is 10.0 Å². The molecule has 0 bridgehead atoms. The second-order valence-corrected chi connectivity index (χ2v) is 6.55. The number of hydrogen-bond donors (Lipinski definition) is 2. The van der Waals surface area contributed by atoms with Crippen molar-refractivity contribution in [3.8, 4) is 0 Å². The summed E-state index contributed by atoms with van der Waals surface area (Å²) in [5, 5.41) is 5.42. The second kappa shape index (κ2) is 7.58. The lowest BCUT2D eigenvalue weighted by Gasteiger charge is -2.26. The van der Waals surface area contributed by atoms with Crippen LogP contribution in [0.5, 0.6) is 0 Å². The van der Waals surface area contributed by atoms with Crippen molar-refractivity contribution < 1.29 is 13.2 Å². The first-order valence-electron chi connectivity index (χ1n) is 6.56. The Labute approximate surface area is 109 Å². The SMILES string of the molecule is CCCNC(=O)NCCCN1CCCCS1(=O)=O. The van der Waals surface area contributed by atoms with Crippen LogP contribution < -0.4 is 10.6 Å². The summed E-state index contributed by atoms with van der Waals surface area (Å²) in [5.41, 5.74) is 0. The minimum absolute atomic E-state index is 0.182. The molecule has 0 saturated carbocycles. The fraction of sp³-hybridized carbons (Fsp3) is 0.909. The highest BCUT2D eigenvalue weighted by Gasteiger charge is 2.24. The van der Waals surface area contributed by atoms with Gasteiger partial charge in [-0.3, -0.25) is 0 Å². The third-order valence-electron chi connectivity index (χ3n) is 2.86. The topological polar surface area (TPSA) is 78.5 Å². The van der Waals surface area contributed by atoms with Gasteiger partial charge in [0.2, 0.25) is 10.0 Å². The maximum Gasteiger partial charge on any atom is 0.314 e. The standard InChI is InChI=1S/C11H23N3O3S/c1-2-6-12-11(15)13-7-5-9-14-8-3-4-10-18(14,16)17/h2-10H2,1H3,(H2,12,13,15). The van der Waals surface area contributed by atoms with Gasteiger partial charge < -0.3 is 10.6 Å². The average Bonchev–Trinajstić information content (AvgIpc) is 2.33. The molecule has 6 nitrogen and oxygen atoms in total. The van der Waals surface area contributed by atoms with Gasteiger partial charge in [0.1, 0.15) is 0 Å². The highest BCUT2D eigenvalue weighted by atomic mass is 32.2. The van der Waals surface area contributed by atoms with E-state index in [0.717, 1.165) is 19.3 Å². The van der Waals surface area contributed by atoms with Crippen LogP contribution in [0, 0.1) is 0 Å². The van der Waals surface area contributed by atoms with E-state index < -0.39 is 10.0 Å². The molecule has 7 heteroatoms. The van der Waals surface area contributed by atoms with E-state index in [-0.39, 0.29) is 11.8 Å². The normalized spacial score (nSPS) is 19.4. The number of sulfonamides is 1. The number of rotatable bonds is 6. The van der Waals surface area contributed by atoms with Gasteiger partial charge in [-0.1, -0.05) is 6.92 Å². The average molecular weight is 277 g/mol. The Balaban J connectivity index is 2.15. The van der Waals surface area contributed by atoms with Crippen molar-refractivity contribution in [2.24, 2.45) is 0 Å². The van der Waals surface area contributed by atoms with Crippen LogP contribution in [-0.4, -0.2) is 50.7 Å². The third kappa shape index (κ3) is 5.22. The third-order valence-corrected chi connectivity index (χ3v) is 4.82. The van der Waals surface area contributed by atoms with E-state index in [9.17, 15) is 13.2 Å². The molecule has 18 heavy (non-hydrogen) atoms. The smallest absolute Gasteiger partial charge is 0.314 e. The molecular formula is C11H23N3O3S. The largest absolute Gasteiger partial charge is 0.338 e. The van der Waals surface area contributed by atoms with Crippen LogP contribution in [0.3, 0.4) is 0 Å². The molecule has 0 radical (unpaired) electrons. The van der Waals surface area contributed by atoms with E-state index in [4.69, 9.17) is 0 Å². The van der Waals surface area contributed by atoms with Crippen molar-refractivity contribution in [2.75, 3.05) is 31.9 Å². The molecule has 1 aliphatic rings. The number of hydrogen-bond acceptors (Lipinski definition) is 3. The molecule has 0 aromatic heterocycles. The van der Waals surface area contributed by atoms with Gasteiger partial charge >= 0.3 is 6.03 Å². The number of nitrogens with zero attached hydrogens (tertiary/aromatic N) is 1. The lowest BCUT2D eigenvalue weighted by Crippen LogP contribution is -2.41. The summed E-state index contributed by atoms with van der Waals surface area (Å²) < 4.78 is 24.9. The summed E-state index contributed by atoms with van der Waals surface area (Å²) in [5.74, 6) is 0.261. The Morgan fingerprint density at radius 2 is 1.94 bits per heavy atom. The number of nitrogens with one attached hydrogen (secondary N) is 2. The van der Waals surface area contributed by atoms with Crippen molar-refractivity contribution in [3.05, 3.63) is 0 Å². The zero-order chi connectivity index (χ0) is 13.4. The molecule has 0 aromatic rings. The first kappa shape index (κ1) is 15.2. The molecule has 2 N–H and O–H groups in total. The summed E-state index contributed by atoms with van der Waals surface area (Å²) in [6, 6.07) is -0.182. The highest BCUT2D eigenvalue weighted by molar-refractivity contribution is 7.89. The molecule has 2 amide bonds. The van der Waals surface area contributed by atoms with Gasteiger partial charge in [-0.2, -0.15) is 0 Å². The number of carbonyl (C=O) groups excluding carboxylic acids is 1. The minimum Gasteiger partial charge on any atom is -0.338 e. The van der Waals surface area contributed by atoms with Crippen LogP contribution in [0.2, 0.25) is 0 Å². The predicted octanol–water partition coefficient (Wildman–Crippen LogP) is 0.511. The lowest BCUT2D eigenvalue weighted by atomic mass is 10.3. The molecule has 0 spiro atoms. The summed E-state index contributed by atoms with van der Waals surface area (Å²) in [6.07, 6.45) is 3.25. The van der Waals surface area contributed by atoms with Gasteiger partial charge in [-0.15, -0.1) is 0 Å². The van der Waals surface area contributed by atoms with Gasteiger partial charge in [0.05, 0.1) is 5.75 Å². The molecule has 106 valence electrons. The Kier molecular flexibility index (Phi) is 6.42. The fourth-order valence-electron chi connectivity index (χ4n) is 1.85. The maximum atomic E-state index is 11.7. The Morgan fingerprint density at radius 3 is 2.61 bits per heavy atom. The Morgan fingerprint density at radius 1 is 1.22 bits per heavy atom. The quantitative estimate of drug-likeness (QED) is 0.694. The summed E-state index contributed by atoms with van der Waals surface area (Å²) in [7, 11) is -3.03. The number of amides is 2. The van der Waals surface area contributed by atoms with Crippen LogP contribution in [0.25, 0.3) is 0 Å². The summed E-state index contributed by atoms with van der Waals surface area (Å²) in [4.78, 5) is 11.2. The van der Waals surface area contributed by atoms with Gasteiger partial charge in [-0.25, -0.2) is 17.5 Å². The Bertz CT molecular complexity index is 357. The molecule has 0 aliphatic carbocycles. The first-order chi connectivity index (χ1) is 8.56. The van der Waals surface area contributed by atoms with E-state index in [1.54, 1.807) is 0 Å². The molecular weight excluding hydrogens is 254 g/mol. The highest BCUT2D eigenvalue weighted by Crippen LogP contribution is 2.13. The van der Waals surface area contributed by atoms with Crippen LogP contribution in [0.1, 0.15) is 32.6 Å². The molecule has 1 fully saturated rings. The molecule has 1 heterocycles. The molecule has 0 unspecified atom stereocenters. The maximum absolute atomic E-state index is 11.7. The van der Waals surface area contributed by atoms with E-state index in [1.165, 1.54) is 4.31 Å². The molecule has 0 aromatic carbocycles. The zero-order valence-electron chi connectivity index (χ0n) is 10.9. The van der Waals surface area contributed by atoms with E-state index in [1.807, 2.05) is 6.92 Å². The molecule has 1 aliphatic heterocycles. The van der Waals surface area contributed by atoms with Crippen molar-refractivity contribution in [3.63, 3.8) is 0 Å². The zero-order valence-corrected chi connectivity index (χ0v) is 11.8. The fourth-order valence-corrected chi connectivity index (χ4v) is 3.49. The molecule has 1 rings (SSSR count). The minimum atomic E-state index is -3.03.